The van der Waals surface area contributed by atoms with Gasteiger partial charge in [0.1, 0.15) is 18.5 Å². The molecule has 24 heavy (non-hydrogen) atoms. The second-order valence-corrected chi connectivity index (χ2v) is 5.88. The number of amides is 1. The summed E-state index contributed by atoms with van der Waals surface area (Å²) in [4.78, 5) is 11.2. The number of aliphatic hydroxyl groups excluding tert-OH is 1. The van der Waals surface area contributed by atoms with Crippen molar-refractivity contribution in [1.29, 1.82) is 0 Å². The topological polar surface area (TPSA) is 99.3 Å². The number of rotatable bonds is 8. The van der Waals surface area contributed by atoms with E-state index in [1.165, 1.54) is 6.92 Å². The lowest BCUT2D eigenvalue weighted by Gasteiger charge is -2.17. The number of benzene rings is 1. The fourth-order valence-corrected chi connectivity index (χ4v) is 2.16. The zero-order chi connectivity index (χ0) is 17.5. The molecule has 0 saturated carbocycles. The van der Waals surface area contributed by atoms with Gasteiger partial charge in [-0.15, -0.1) is 0 Å². The van der Waals surface area contributed by atoms with Gasteiger partial charge in [0.05, 0.1) is 5.69 Å². The van der Waals surface area contributed by atoms with Crippen LogP contribution in [0, 0.1) is 0 Å². The number of aliphatic hydroxyl groups is 1. The van der Waals surface area contributed by atoms with Gasteiger partial charge in [0.15, 0.2) is 0 Å². The van der Waals surface area contributed by atoms with Gasteiger partial charge in [0, 0.05) is 37.0 Å². The largest absolute Gasteiger partial charge is 0.490 e. The maximum atomic E-state index is 11.2. The molecular weight excluding hydrogens is 308 g/mol. The average molecular weight is 332 g/mol. The average Bonchev–Trinajstić information content (AvgIpc) is 3.05. The van der Waals surface area contributed by atoms with Crippen LogP contribution < -0.4 is 15.4 Å². The van der Waals surface area contributed by atoms with Crippen LogP contribution in [0.1, 0.15) is 20.8 Å². The third-order valence-electron chi connectivity index (χ3n) is 3.27. The SMILES string of the molecule is CC(=O)Nc1ccc(OCC(O)CNC(C)C)c(-c2cc[nH]n2)c1. The Hall–Kier alpha value is -2.38. The van der Waals surface area contributed by atoms with E-state index in [4.69, 9.17) is 4.74 Å². The predicted octanol–water partition coefficient (Wildman–Crippen LogP) is 1.77. The number of ether oxygens (including phenoxy) is 1. The number of aromatic amines is 1. The molecule has 0 spiro atoms. The minimum absolute atomic E-state index is 0.146. The van der Waals surface area contributed by atoms with Gasteiger partial charge in [0.25, 0.3) is 0 Å². The van der Waals surface area contributed by atoms with Gasteiger partial charge in [-0.2, -0.15) is 5.10 Å². The first-order chi connectivity index (χ1) is 11.5. The highest BCUT2D eigenvalue weighted by molar-refractivity contribution is 5.90. The minimum Gasteiger partial charge on any atom is -0.490 e. The molecule has 1 unspecified atom stereocenters. The van der Waals surface area contributed by atoms with Crippen LogP contribution >= 0.6 is 0 Å². The summed E-state index contributed by atoms with van der Waals surface area (Å²) in [6.07, 6.45) is 1.10. The van der Waals surface area contributed by atoms with Crippen LogP contribution in [0.15, 0.2) is 30.5 Å². The molecule has 1 amide bonds. The van der Waals surface area contributed by atoms with E-state index in [1.54, 1.807) is 24.4 Å². The van der Waals surface area contributed by atoms with Crippen molar-refractivity contribution in [3.8, 4) is 17.0 Å². The molecule has 0 saturated heterocycles. The summed E-state index contributed by atoms with van der Waals surface area (Å²) >= 11 is 0. The van der Waals surface area contributed by atoms with Crippen molar-refractivity contribution < 1.29 is 14.6 Å². The third-order valence-corrected chi connectivity index (χ3v) is 3.27. The Bertz CT molecular complexity index is 656. The van der Waals surface area contributed by atoms with E-state index in [9.17, 15) is 9.90 Å². The van der Waals surface area contributed by atoms with Crippen LogP contribution in [0.25, 0.3) is 11.3 Å². The van der Waals surface area contributed by atoms with Gasteiger partial charge in [0.2, 0.25) is 5.91 Å². The van der Waals surface area contributed by atoms with Gasteiger partial charge >= 0.3 is 0 Å². The van der Waals surface area contributed by atoms with E-state index >= 15 is 0 Å². The molecule has 130 valence electrons. The fraction of sp³-hybridized carbons (Fsp3) is 0.412. The summed E-state index contributed by atoms with van der Waals surface area (Å²) in [5.41, 5.74) is 2.10. The van der Waals surface area contributed by atoms with Gasteiger partial charge < -0.3 is 20.5 Å². The summed E-state index contributed by atoms with van der Waals surface area (Å²) in [5.74, 6) is 0.451. The number of anilines is 1. The van der Waals surface area contributed by atoms with Crippen LogP contribution in [-0.2, 0) is 4.79 Å². The van der Waals surface area contributed by atoms with Crippen molar-refractivity contribution in [2.24, 2.45) is 0 Å². The van der Waals surface area contributed by atoms with Crippen molar-refractivity contribution in [3.05, 3.63) is 30.5 Å². The number of hydrogen-bond acceptors (Lipinski definition) is 5. The van der Waals surface area contributed by atoms with Gasteiger partial charge in [-0.25, -0.2) is 0 Å². The van der Waals surface area contributed by atoms with E-state index in [0.717, 1.165) is 5.56 Å². The second-order valence-electron chi connectivity index (χ2n) is 5.88. The molecule has 1 heterocycles. The normalized spacial score (nSPS) is 12.2. The number of carbonyl (C=O) groups excluding carboxylic acids is 1. The monoisotopic (exact) mass is 332 g/mol. The molecule has 0 radical (unpaired) electrons. The molecule has 2 rings (SSSR count). The van der Waals surface area contributed by atoms with Gasteiger partial charge in [-0.1, -0.05) is 13.8 Å². The molecule has 7 nitrogen and oxygen atoms in total. The second kappa shape index (κ2) is 8.47. The number of hydrogen-bond donors (Lipinski definition) is 4. The maximum absolute atomic E-state index is 11.2. The van der Waals surface area contributed by atoms with E-state index < -0.39 is 6.10 Å². The van der Waals surface area contributed by atoms with E-state index in [0.29, 0.717) is 29.7 Å². The molecule has 1 aromatic heterocycles. The molecule has 0 bridgehead atoms. The van der Waals surface area contributed by atoms with Crippen LogP contribution in [0.4, 0.5) is 5.69 Å². The van der Waals surface area contributed by atoms with E-state index in [-0.39, 0.29) is 12.5 Å². The molecule has 1 atom stereocenters. The lowest BCUT2D eigenvalue weighted by molar-refractivity contribution is -0.114. The highest BCUT2D eigenvalue weighted by atomic mass is 16.5. The number of carbonyl (C=O) groups is 1. The van der Waals surface area contributed by atoms with E-state index in [2.05, 4.69) is 20.8 Å². The Morgan fingerprint density at radius 1 is 1.38 bits per heavy atom. The van der Waals surface area contributed by atoms with Crippen LogP contribution in [0.5, 0.6) is 5.75 Å². The fourth-order valence-electron chi connectivity index (χ4n) is 2.16. The van der Waals surface area contributed by atoms with Crippen LogP contribution in [0.3, 0.4) is 0 Å². The standard InChI is InChI=1S/C17H24N4O3/c1-11(2)18-9-14(23)10-24-17-5-4-13(20-12(3)22)8-15(17)16-6-7-19-21-16/h4-8,11,14,18,23H,9-10H2,1-3H3,(H,19,21)(H,20,22). The third kappa shape index (κ3) is 5.36. The Labute approximate surface area is 141 Å². The Kier molecular flexibility index (Phi) is 6.34. The van der Waals surface area contributed by atoms with Crippen LogP contribution in [0.2, 0.25) is 0 Å². The lowest BCUT2D eigenvalue weighted by atomic mass is 10.1. The highest BCUT2D eigenvalue weighted by Crippen LogP contribution is 2.31. The number of nitrogens with zero attached hydrogens (tertiary/aromatic N) is 1. The zero-order valence-electron chi connectivity index (χ0n) is 14.2. The first-order valence-corrected chi connectivity index (χ1v) is 7.91. The van der Waals surface area contributed by atoms with Gasteiger partial charge in [-0.3, -0.25) is 9.89 Å². The van der Waals surface area contributed by atoms with Gasteiger partial charge in [-0.05, 0) is 24.3 Å². The van der Waals surface area contributed by atoms with Crippen LogP contribution in [-0.4, -0.2) is 46.5 Å². The van der Waals surface area contributed by atoms with E-state index in [1.807, 2.05) is 19.9 Å². The summed E-state index contributed by atoms with van der Waals surface area (Å²) in [6.45, 7) is 6.11. The Morgan fingerprint density at radius 3 is 2.79 bits per heavy atom. The molecule has 0 aliphatic rings. The molecule has 0 fully saturated rings. The van der Waals surface area contributed by atoms with Crippen molar-refractivity contribution in [1.82, 2.24) is 15.5 Å². The molecule has 4 N–H and O–H groups in total. The Morgan fingerprint density at radius 2 is 2.17 bits per heavy atom. The molecular formula is C17H24N4O3. The first-order valence-electron chi connectivity index (χ1n) is 7.91. The zero-order valence-corrected chi connectivity index (χ0v) is 14.2. The Balaban J connectivity index is 2.12. The lowest BCUT2D eigenvalue weighted by Crippen LogP contribution is -2.35. The van der Waals surface area contributed by atoms with Crippen molar-refractivity contribution >= 4 is 11.6 Å². The summed E-state index contributed by atoms with van der Waals surface area (Å²) in [7, 11) is 0. The minimum atomic E-state index is -0.616. The quantitative estimate of drug-likeness (QED) is 0.590. The summed E-state index contributed by atoms with van der Waals surface area (Å²) in [5, 5.41) is 22.8. The predicted molar refractivity (Wildman–Crippen MR) is 93.0 cm³/mol. The first kappa shape index (κ1) is 18.0. The number of nitrogens with one attached hydrogen (secondary N) is 3. The smallest absolute Gasteiger partial charge is 0.221 e. The molecule has 1 aromatic carbocycles. The van der Waals surface area contributed by atoms with Crippen molar-refractivity contribution in [3.63, 3.8) is 0 Å². The number of aromatic nitrogens is 2. The summed E-state index contributed by atoms with van der Waals surface area (Å²) < 4.78 is 5.76. The maximum Gasteiger partial charge on any atom is 0.221 e. The molecule has 7 heteroatoms. The van der Waals surface area contributed by atoms with Crippen molar-refractivity contribution in [2.75, 3.05) is 18.5 Å². The summed E-state index contributed by atoms with van der Waals surface area (Å²) in [6, 6.07) is 7.43. The molecule has 0 aliphatic heterocycles. The van der Waals surface area contributed by atoms with Crippen molar-refractivity contribution in [2.45, 2.75) is 32.9 Å². The number of H-pyrrole nitrogens is 1. The molecule has 0 aliphatic carbocycles. The molecule has 2 aromatic rings. The highest BCUT2D eigenvalue weighted by Gasteiger charge is 2.13.